The number of amides is 1. The molecular formula is C18H18N2O2S2. The van der Waals surface area contributed by atoms with Crippen LogP contribution in [0.15, 0.2) is 45.0 Å². The van der Waals surface area contributed by atoms with Crippen molar-refractivity contribution in [2.24, 2.45) is 0 Å². The average molecular weight is 358 g/mol. The van der Waals surface area contributed by atoms with E-state index in [1.54, 1.807) is 0 Å². The highest BCUT2D eigenvalue weighted by Crippen LogP contribution is 2.29. The molecule has 0 saturated carbocycles. The number of nitrogens with one attached hydrogen (secondary N) is 1. The van der Waals surface area contributed by atoms with Crippen LogP contribution in [0.3, 0.4) is 0 Å². The van der Waals surface area contributed by atoms with Crippen LogP contribution in [0.4, 0.5) is 5.13 Å². The van der Waals surface area contributed by atoms with E-state index < -0.39 is 0 Å². The SMILES string of the molecule is Cc1ccc(SCC(=O)Nc2nc(-c3cc(C)oc3C)cs2)cc1. The van der Waals surface area contributed by atoms with Gasteiger partial charge in [-0.3, -0.25) is 4.79 Å². The predicted octanol–water partition coefficient (Wildman–Crippen LogP) is 5.06. The Morgan fingerprint density at radius 2 is 2.00 bits per heavy atom. The molecule has 0 bridgehead atoms. The lowest BCUT2D eigenvalue weighted by Gasteiger charge is -2.02. The first-order chi connectivity index (χ1) is 11.5. The van der Waals surface area contributed by atoms with Crippen LogP contribution in [0, 0.1) is 20.8 Å². The van der Waals surface area contributed by atoms with Gasteiger partial charge in [-0.25, -0.2) is 4.98 Å². The Morgan fingerprint density at radius 3 is 2.67 bits per heavy atom. The van der Waals surface area contributed by atoms with Crippen molar-refractivity contribution >= 4 is 34.1 Å². The second-order valence-corrected chi connectivity index (χ2v) is 7.42. The number of aromatic nitrogens is 1. The highest BCUT2D eigenvalue weighted by molar-refractivity contribution is 8.00. The monoisotopic (exact) mass is 358 g/mol. The quantitative estimate of drug-likeness (QED) is 0.648. The van der Waals surface area contributed by atoms with Gasteiger partial charge in [0.2, 0.25) is 5.91 Å². The van der Waals surface area contributed by atoms with Crippen molar-refractivity contribution in [1.82, 2.24) is 4.98 Å². The molecule has 1 aromatic carbocycles. The van der Waals surface area contributed by atoms with Crippen LogP contribution >= 0.6 is 23.1 Å². The molecule has 124 valence electrons. The number of aryl methyl sites for hydroxylation is 3. The van der Waals surface area contributed by atoms with E-state index in [0.29, 0.717) is 10.9 Å². The molecule has 0 aliphatic heterocycles. The summed E-state index contributed by atoms with van der Waals surface area (Å²) in [6.07, 6.45) is 0. The van der Waals surface area contributed by atoms with Gasteiger partial charge in [0.1, 0.15) is 11.5 Å². The van der Waals surface area contributed by atoms with Gasteiger partial charge in [-0.2, -0.15) is 0 Å². The molecule has 6 heteroatoms. The Labute approximate surface area is 149 Å². The van der Waals surface area contributed by atoms with Crippen LogP contribution in [-0.4, -0.2) is 16.6 Å². The zero-order valence-corrected chi connectivity index (χ0v) is 15.4. The number of hydrogen-bond acceptors (Lipinski definition) is 5. The number of thioether (sulfide) groups is 1. The standard InChI is InChI=1S/C18H18N2O2S2/c1-11-4-6-14(7-5-11)23-10-17(21)20-18-19-16(9-24-18)15-8-12(2)22-13(15)3/h4-9H,10H2,1-3H3,(H,19,20,21). The van der Waals surface area contributed by atoms with E-state index in [1.807, 2.05) is 56.5 Å². The zero-order valence-electron chi connectivity index (χ0n) is 13.8. The van der Waals surface area contributed by atoms with Crippen LogP contribution in [0.1, 0.15) is 17.1 Å². The molecule has 3 rings (SSSR count). The van der Waals surface area contributed by atoms with Gasteiger partial charge in [-0.15, -0.1) is 23.1 Å². The molecule has 0 aliphatic carbocycles. The number of carbonyl (C=O) groups excluding carboxylic acids is 1. The number of hydrogen-bond donors (Lipinski definition) is 1. The number of rotatable bonds is 5. The topological polar surface area (TPSA) is 55.1 Å². The summed E-state index contributed by atoms with van der Waals surface area (Å²) in [5.74, 6) is 2.00. The first-order valence-electron chi connectivity index (χ1n) is 7.53. The smallest absolute Gasteiger partial charge is 0.236 e. The molecule has 3 aromatic rings. The Kier molecular flexibility index (Phi) is 5.06. The average Bonchev–Trinajstić information content (AvgIpc) is 3.12. The van der Waals surface area contributed by atoms with Crippen molar-refractivity contribution in [2.75, 3.05) is 11.1 Å². The van der Waals surface area contributed by atoms with Gasteiger partial charge in [0, 0.05) is 15.8 Å². The van der Waals surface area contributed by atoms with E-state index in [4.69, 9.17) is 4.42 Å². The van der Waals surface area contributed by atoms with Gasteiger partial charge in [0.15, 0.2) is 5.13 Å². The molecule has 2 heterocycles. The Bertz CT molecular complexity index is 850. The molecule has 4 nitrogen and oxygen atoms in total. The van der Waals surface area contributed by atoms with Gasteiger partial charge in [0.05, 0.1) is 11.4 Å². The number of carbonyl (C=O) groups is 1. The summed E-state index contributed by atoms with van der Waals surface area (Å²) in [6, 6.07) is 10.1. The van der Waals surface area contributed by atoms with Gasteiger partial charge in [0.25, 0.3) is 0 Å². The molecule has 0 unspecified atom stereocenters. The lowest BCUT2D eigenvalue weighted by atomic mass is 10.2. The molecule has 0 radical (unpaired) electrons. The van der Waals surface area contributed by atoms with Crippen molar-refractivity contribution in [2.45, 2.75) is 25.7 Å². The predicted molar refractivity (Wildman–Crippen MR) is 99.8 cm³/mol. The van der Waals surface area contributed by atoms with Gasteiger partial charge < -0.3 is 9.73 Å². The maximum Gasteiger partial charge on any atom is 0.236 e. The molecule has 24 heavy (non-hydrogen) atoms. The second kappa shape index (κ2) is 7.23. The molecular weight excluding hydrogens is 340 g/mol. The summed E-state index contributed by atoms with van der Waals surface area (Å²) < 4.78 is 5.53. The van der Waals surface area contributed by atoms with Crippen molar-refractivity contribution in [1.29, 1.82) is 0 Å². The fourth-order valence-corrected chi connectivity index (χ4v) is 3.70. The van der Waals surface area contributed by atoms with E-state index in [0.717, 1.165) is 27.7 Å². The molecule has 1 amide bonds. The summed E-state index contributed by atoms with van der Waals surface area (Å²) in [4.78, 5) is 17.6. The summed E-state index contributed by atoms with van der Waals surface area (Å²) in [7, 11) is 0. The van der Waals surface area contributed by atoms with E-state index in [1.165, 1.54) is 28.7 Å². The fourth-order valence-electron chi connectivity index (χ4n) is 2.28. The van der Waals surface area contributed by atoms with Crippen LogP contribution in [-0.2, 0) is 4.79 Å². The molecule has 0 atom stereocenters. The van der Waals surface area contributed by atoms with Crippen LogP contribution in [0.25, 0.3) is 11.3 Å². The van der Waals surface area contributed by atoms with Gasteiger partial charge in [-0.1, -0.05) is 17.7 Å². The van der Waals surface area contributed by atoms with E-state index >= 15 is 0 Å². The van der Waals surface area contributed by atoms with Crippen molar-refractivity contribution < 1.29 is 9.21 Å². The molecule has 2 aromatic heterocycles. The third kappa shape index (κ3) is 4.07. The highest BCUT2D eigenvalue weighted by atomic mass is 32.2. The van der Waals surface area contributed by atoms with Crippen molar-refractivity contribution in [3.63, 3.8) is 0 Å². The number of anilines is 1. The third-order valence-corrected chi connectivity index (χ3v) is 5.23. The Morgan fingerprint density at radius 1 is 1.25 bits per heavy atom. The van der Waals surface area contributed by atoms with E-state index in [2.05, 4.69) is 10.3 Å². The van der Waals surface area contributed by atoms with E-state index in [9.17, 15) is 4.79 Å². The first kappa shape index (κ1) is 16.8. The van der Waals surface area contributed by atoms with Crippen LogP contribution in [0.2, 0.25) is 0 Å². The summed E-state index contributed by atoms with van der Waals surface area (Å²) in [6.45, 7) is 5.87. The normalized spacial score (nSPS) is 10.8. The number of nitrogens with zero attached hydrogens (tertiary/aromatic N) is 1. The summed E-state index contributed by atoms with van der Waals surface area (Å²) >= 11 is 2.94. The minimum Gasteiger partial charge on any atom is -0.466 e. The minimum atomic E-state index is -0.0541. The van der Waals surface area contributed by atoms with Crippen molar-refractivity contribution in [3.05, 3.63) is 52.8 Å². The third-order valence-electron chi connectivity index (χ3n) is 3.46. The maximum absolute atomic E-state index is 12.1. The minimum absolute atomic E-state index is 0.0541. The molecule has 0 fully saturated rings. The lowest BCUT2D eigenvalue weighted by Crippen LogP contribution is -2.13. The Balaban J connectivity index is 1.59. The lowest BCUT2D eigenvalue weighted by molar-refractivity contribution is -0.113. The van der Waals surface area contributed by atoms with Crippen LogP contribution in [0.5, 0.6) is 0 Å². The number of furan rings is 1. The first-order valence-corrected chi connectivity index (χ1v) is 9.40. The molecule has 1 N–H and O–H groups in total. The van der Waals surface area contributed by atoms with Gasteiger partial charge >= 0.3 is 0 Å². The van der Waals surface area contributed by atoms with Gasteiger partial charge in [-0.05, 0) is 39.0 Å². The number of thiazole rings is 1. The Hall–Kier alpha value is -2.05. The van der Waals surface area contributed by atoms with Crippen molar-refractivity contribution in [3.8, 4) is 11.3 Å². The van der Waals surface area contributed by atoms with Crippen LogP contribution < -0.4 is 5.32 Å². The maximum atomic E-state index is 12.1. The number of benzene rings is 1. The molecule has 0 spiro atoms. The zero-order chi connectivity index (χ0) is 17.1. The van der Waals surface area contributed by atoms with E-state index in [-0.39, 0.29) is 5.91 Å². The second-order valence-electron chi connectivity index (χ2n) is 5.51. The molecule has 0 saturated heterocycles. The summed E-state index contributed by atoms with van der Waals surface area (Å²) in [5, 5.41) is 5.40. The molecule has 0 aliphatic rings. The summed E-state index contributed by atoms with van der Waals surface area (Å²) in [5.41, 5.74) is 3.01. The largest absolute Gasteiger partial charge is 0.466 e. The highest BCUT2D eigenvalue weighted by Gasteiger charge is 2.12. The fraction of sp³-hybridized carbons (Fsp3) is 0.222.